The first kappa shape index (κ1) is 26.8. The van der Waals surface area contributed by atoms with Gasteiger partial charge in [0.25, 0.3) is 0 Å². The molecular formula is C26H39N3O4. The Morgan fingerprint density at radius 3 is 2.36 bits per heavy atom. The van der Waals surface area contributed by atoms with Gasteiger partial charge in [-0.15, -0.1) is 0 Å². The van der Waals surface area contributed by atoms with E-state index >= 15 is 0 Å². The SMILES string of the molecule is COc1ccc([C@H](NCCCC[C@@H](C[C@@H](OC)c2ccc(C)cc2)C(=O)NO)C(C)C)nc1. The maximum Gasteiger partial charge on any atom is 0.246 e. The Kier molecular flexibility index (Phi) is 11.3. The van der Waals surface area contributed by atoms with E-state index in [1.165, 1.54) is 5.56 Å². The van der Waals surface area contributed by atoms with Gasteiger partial charge in [-0.3, -0.25) is 15.0 Å². The van der Waals surface area contributed by atoms with Crippen LogP contribution in [0.25, 0.3) is 0 Å². The summed E-state index contributed by atoms with van der Waals surface area (Å²) in [7, 11) is 3.29. The Morgan fingerprint density at radius 2 is 1.82 bits per heavy atom. The van der Waals surface area contributed by atoms with E-state index in [2.05, 4.69) is 24.1 Å². The van der Waals surface area contributed by atoms with Crippen LogP contribution in [0.5, 0.6) is 5.75 Å². The second-order valence-electron chi connectivity index (χ2n) is 8.84. The van der Waals surface area contributed by atoms with Gasteiger partial charge < -0.3 is 14.8 Å². The van der Waals surface area contributed by atoms with Gasteiger partial charge in [-0.05, 0) is 56.3 Å². The van der Waals surface area contributed by atoms with Gasteiger partial charge in [0, 0.05) is 13.0 Å². The van der Waals surface area contributed by atoms with Gasteiger partial charge >= 0.3 is 0 Å². The van der Waals surface area contributed by atoms with E-state index in [4.69, 9.17) is 9.47 Å². The highest BCUT2D eigenvalue weighted by Gasteiger charge is 2.24. The Labute approximate surface area is 197 Å². The Morgan fingerprint density at radius 1 is 1.09 bits per heavy atom. The fourth-order valence-electron chi connectivity index (χ4n) is 4.01. The lowest BCUT2D eigenvalue weighted by Gasteiger charge is -2.23. The lowest BCUT2D eigenvalue weighted by atomic mass is 9.91. The molecule has 0 aliphatic heterocycles. The average molecular weight is 458 g/mol. The van der Waals surface area contributed by atoms with Crippen molar-refractivity contribution in [2.75, 3.05) is 20.8 Å². The molecule has 33 heavy (non-hydrogen) atoms. The zero-order chi connectivity index (χ0) is 24.2. The Balaban J connectivity index is 1.88. The zero-order valence-corrected chi connectivity index (χ0v) is 20.5. The molecule has 7 heteroatoms. The van der Waals surface area contributed by atoms with Gasteiger partial charge in [0.2, 0.25) is 5.91 Å². The highest BCUT2D eigenvalue weighted by atomic mass is 16.5. The monoisotopic (exact) mass is 457 g/mol. The average Bonchev–Trinajstić information content (AvgIpc) is 2.83. The number of ether oxygens (including phenoxy) is 2. The van der Waals surface area contributed by atoms with Crippen molar-refractivity contribution in [1.82, 2.24) is 15.8 Å². The minimum Gasteiger partial charge on any atom is -0.495 e. The minimum absolute atomic E-state index is 0.145. The molecule has 7 nitrogen and oxygen atoms in total. The summed E-state index contributed by atoms with van der Waals surface area (Å²) in [4.78, 5) is 16.8. The molecule has 0 spiro atoms. The zero-order valence-electron chi connectivity index (χ0n) is 20.5. The van der Waals surface area contributed by atoms with Gasteiger partial charge in [-0.1, -0.05) is 50.1 Å². The number of nitrogens with one attached hydrogen (secondary N) is 2. The molecule has 0 unspecified atom stereocenters. The third-order valence-electron chi connectivity index (χ3n) is 6.04. The maximum atomic E-state index is 12.3. The number of pyridine rings is 1. The lowest BCUT2D eigenvalue weighted by Crippen LogP contribution is -2.30. The van der Waals surface area contributed by atoms with Crippen LogP contribution in [-0.2, 0) is 9.53 Å². The standard InChI is InChI=1S/C26H39N3O4/c1-18(2)25(23-14-13-22(32-4)17-28-23)27-15-7-6-8-21(26(30)29-31)16-24(33-5)20-11-9-19(3)10-12-20/h9-14,17-18,21,24-25,27,31H,6-8,15-16H2,1-5H3,(H,29,30)/t21-,24+,25+/m0/s1. The van der Waals surface area contributed by atoms with E-state index in [0.717, 1.165) is 36.4 Å². The van der Waals surface area contributed by atoms with Crippen molar-refractivity contribution in [2.45, 2.75) is 58.6 Å². The number of aromatic nitrogens is 1. The topological polar surface area (TPSA) is 92.7 Å². The molecule has 1 heterocycles. The summed E-state index contributed by atoms with van der Waals surface area (Å²) in [5.41, 5.74) is 5.03. The molecule has 2 rings (SSSR count). The van der Waals surface area contributed by atoms with Crippen LogP contribution >= 0.6 is 0 Å². The van der Waals surface area contributed by atoms with Gasteiger partial charge in [-0.25, -0.2) is 5.48 Å². The highest BCUT2D eigenvalue weighted by Crippen LogP contribution is 2.28. The summed E-state index contributed by atoms with van der Waals surface area (Å²) < 4.78 is 10.9. The van der Waals surface area contributed by atoms with Crippen molar-refractivity contribution < 1.29 is 19.5 Å². The number of nitrogens with zero attached hydrogens (tertiary/aromatic N) is 1. The molecule has 182 valence electrons. The normalized spacial score (nSPS) is 14.0. The minimum atomic E-state index is -0.361. The molecule has 1 aromatic carbocycles. The van der Waals surface area contributed by atoms with Gasteiger partial charge in [0.05, 0.1) is 31.1 Å². The number of aryl methyl sites for hydroxylation is 1. The number of hydrogen-bond acceptors (Lipinski definition) is 6. The first-order chi connectivity index (χ1) is 15.9. The number of benzene rings is 1. The number of hydrogen-bond donors (Lipinski definition) is 3. The molecule has 0 saturated heterocycles. The Bertz CT molecular complexity index is 824. The molecule has 3 atom stereocenters. The second-order valence-corrected chi connectivity index (χ2v) is 8.84. The van der Waals surface area contributed by atoms with Crippen molar-refractivity contribution >= 4 is 5.91 Å². The molecule has 1 aromatic heterocycles. The van der Waals surface area contributed by atoms with E-state index in [1.54, 1.807) is 20.4 Å². The number of methoxy groups -OCH3 is 2. The fraction of sp³-hybridized carbons (Fsp3) is 0.538. The first-order valence-corrected chi connectivity index (χ1v) is 11.7. The summed E-state index contributed by atoms with van der Waals surface area (Å²) in [6.07, 6.45) is 4.51. The number of carbonyl (C=O) groups is 1. The first-order valence-electron chi connectivity index (χ1n) is 11.7. The van der Waals surface area contributed by atoms with E-state index < -0.39 is 0 Å². The number of carbonyl (C=O) groups excluding carboxylic acids is 1. The third-order valence-corrected chi connectivity index (χ3v) is 6.04. The summed E-state index contributed by atoms with van der Waals surface area (Å²) in [5, 5.41) is 12.8. The summed E-state index contributed by atoms with van der Waals surface area (Å²) in [6.45, 7) is 7.19. The number of amides is 1. The summed E-state index contributed by atoms with van der Waals surface area (Å²) >= 11 is 0. The van der Waals surface area contributed by atoms with Crippen molar-refractivity contribution in [2.24, 2.45) is 11.8 Å². The van der Waals surface area contributed by atoms with Crippen LogP contribution in [0.15, 0.2) is 42.6 Å². The van der Waals surface area contributed by atoms with Crippen LogP contribution in [-0.4, -0.2) is 36.9 Å². The molecule has 0 aliphatic carbocycles. The fourth-order valence-corrected chi connectivity index (χ4v) is 4.01. The molecule has 0 saturated carbocycles. The molecular weight excluding hydrogens is 418 g/mol. The van der Waals surface area contributed by atoms with Crippen LogP contribution in [0.1, 0.15) is 68.5 Å². The lowest BCUT2D eigenvalue weighted by molar-refractivity contribution is -0.135. The number of rotatable bonds is 14. The quantitative estimate of drug-likeness (QED) is 0.215. The summed E-state index contributed by atoms with van der Waals surface area (Å²) in [6, 6.07) is 12.2. The van der Waals surface area contributed by atoms with E-state index in [-0.39, 0.29) is 24.0 Å². The van der Waals surface area contributed by atoms with Crippen molar-refractivity contribution in [3.63, 3.8) is 0 Å². The second kappa shape index (κ2) is 13.9. The molecule has 0 bridgehead atoms. The van der Waals surface area contributed by atoms with Crippen molar-refractivity contribution in [3.8, 4) is 5.75 Å². The molecule has 0 radical (unpaired) electrons. The maximum absolute atomic E-state index is 12.3. The van der Waals surface area contributed by atoms with E-state index in [0.29, 0.717) is 18.8 Å². The van der Waals surface area contributed by atoms with E-state index in [9.17, 15) is 10.0 Å². The van der Waals surface area contributed by atoms with Gasteiger partial charge in [0.15, 0.2) is 0 Å². The largest absolute Gasteiger partial charge is 0.495 e. The van der Waals surface area contributed by atoms with Crippen molar-refractivity contribution in [1.29, 1.82) is 0 Å². The Hall–Kier alpha value is -2.48. The van der Waals surface area contributed by atoms with Crippen LogP contribution in [0.4, 0.5) is 0 Å². The van der Waals surface area contributed by atoms with Crippen LogP contribution < -0.4 is 15.5 Å². The van der Waals surface area contributed by atoms with Crippen LogP contribution in [0.2, 0.25) is 0 Å². The molecule has 2 aromatic rings. The van der Waals surface area contributed by atoms with Crippen LogP contribution in [0.3, 0.4) is 0 Å². The molecule has 0 fully saturated rings. The molecule has 3 N–H and O–H groups in total. The predicted molar refractivity (Wildman–Crippen MR) is 129 cm³/mol. The molecule has 0 aliphatic rings. The smallest absolute Gasteiger partial charge is 0.246 e. The number of unbranched alkanes of at least 4 members (excludes halogenated alkanes) is 1. The molecule has 1 amide bonds. The van der Waals surface area contributed by atoms with Crippen LogP contribution in [0, 0.1) is 18.8 Å². The predicted octanol–water partition coefficient (Wildman–Crippen LogP) is 4.76. The highest BCUT2D eigenvalue weighted by molar-refractivity contribution is 5.77. The van der Waals surface area contributed by atoms with Gasteiger partial charge in [0.1, 0.15) is 5.75 Å². The third kappa shape index (κ3) is 8.42. The number of hydroxylamine groups is 1. The summed E-state index contributed by atoms with van der Waals surface area (Å²) in [5.74, 6) is 0.440. The van der Waals surface area contributed by atoms with E-state index in [1.807, 2.05) is 48.8 Å². The van der Waals surface area contributed by atoms with Crippen molar-refractivity contribution in [3.05, 3.63) is 59.4 Å². The van der Waals surface area contributed by atoms with Gasteiger partial charge in [-0.2, -0.15) is 0 Å².